The van der Waals surface area contributed by atoms with E-state index in [-0.39, 0.29) is 11.5 Å². The first-order valence-corrected chi connectivity index (χ1v) is 10.1. The monoisotopic (exact) mass is 453 g/mol. The van der Waals surface area contributed by atoms with Crippen LogP contribution in [0.25, 0.3) is 28.4 Å². The van der Waals surface area contributed by atoms with E-state index in [9.17, 15) is 18.0 Å². The van der Waals surface area contributed by atoms with E-state index < -0.39 is 11.7 Å². The Morgan fingerprint density at radius 3 is 2.55 bits per heavy atom. The van der Waals surface area contributed by atoms with Gasteiger partial charge in [-0.2, -0.15) is 27.9 Å². The molecule has 33 heavy (non-hydrogen) atoms. The minimum atomic E-state index is -4.44. The van der Waals surface area contributed by atoms with Gasteiger partial charge in [0.15, 0.2) is 5.65 Å². The molecule has 4 heterocycles. The van der Waals surface area contributed by atoms with Gasteiger partial charge >= 0.3 is 6.18 Å². The topological polar surface area (TPSA) is 97.2 Å². The summed E-state index contributed by atoms with van der Waals surface area (Å²) in [7, 11) is 0. The Hall–Kier alpha value is -4.15. The average molecular weight is 453 g/mol. The number of fused-ring (bicyclic) bond motifs is 1. The molecule has 5 aromatic rings. The third-order valence-corrected chi connectivity index (χ3v) is 5.31. The first-order chi connectivity index (χ1) is 15.8. The number of H-pyrrole nitrogens is 2. The molecule has 0 bridgehead atoms. The van der Waals surface area contributed by atoms with Crippen LogP contribution in [0.15, 0.2) is 59.7 Å². The summed E-state index contributed by atoms with van der Waals surface area (Å²) < 4.78 is 42.0. The number of aryl methyl sites for hydroxylation is 2. The van der Waals surface area contributed by atoms with Crippen LogP contribution in [0.3, 0.4) is 0 Å². The van der Waals surface area contributed by atoms with Gasteiger partial charge in [0.25, 0.3) is 5.56 Å². The second-order valence-electron chi connectivity index (χ2n) is 7.59. The van der Waals surface area contributed by atoms with E-state index in [1.54, 1.807) is 23.0 Å². The highest BCUT2D eigenvalue weighted by Gasteiger charge is 2.30. The number of aromatic amines is 2. The Bertz CT molecular complexity index is 1460. The second-order valence-corrected chi connectivity index (χ2v) is 7.59. The van der Waals surface area contributed by atoms with Gasteiger partial charge in [0.2, 0.25) is 5.95 Å². The smallest absolute Gasteiger partial charge is 0.321 e. The molecule has 11 heteroatoms. The number of rotatable bonds is 5. The van der Waals surface area contributed by atoms with Crippen molar-refractivity contribution in [3.8, 4) is 17.2 Å². The van der Waals surface area contributed by atoms with Crippen LogP contribution in [0, 0.1) is 6.92 Å². The third-order valence-electron chi connectivity index (χ3n) is 5.31. The van der Waals surface area contributed by atoms with Gasteiger partial charge < -0.3 is 4.98 Å². The Kier molecular flexibility index (Phi) is 4.88. The largest absolute Gasteiger partial charge is 0.416 e. The number of nitrogens with one attached hydrogen (secondary N) is 2. The van der Waals surface area contributed by atoms with E-state index in [4.69, 9.17) is 0 Å². The Morgan fingerprint density at radius 2 is 1.88 bits per heavy atom. The van der Waals surface area contributed by atoms with E-state index in [2.05, 4.69) is 25.1 Å². The normalized spacial score (nSPS) is 12.0. The summed E-state index contributed by atoms with van der Waals surface area (Å²) in [4.78, 5) is 24.9. The van der Waals surface area contributed by atoms with Crippen LogP contribution in [0.1, 0.15) is 16.8 Å². The lowest BCUT2D eigenvalue weighted by atomic mass is 10.0. The molecule has 8 nitrogen and oxygen atoms in total. The zero-order chi connectivity index (χ0) is 23.2. The number of halogens is 3. The first-order valence-electron chi connectivity index (χ1n) is 10.1. The molecule has 0 aliphatic rings. The molecular formula is C22H18F3N7O. The number of aromatic nitrogens is 7. The third kappa shape index (κ3) is 3.93. The lowest BCUT2D eigenvalue weighted by molar-refractivity contribution is -0.137. The van der Waals surface area contributed by atoms with Crippen LogP contribution in [0.2, 0.25) is 0 Å². The van der Waals surface area contributed by atoms with Gasteiger partial charge in [0, 0.05) is 24.5 Å². The fourth-order valence-corrected chi connectivity index (χ4v) is 3.67. The Balaban J connectivity index is 1.59. The van der Waals surface area contributed by atoms with E-state index >= 15 is 0 Å². The Labute approximate surface area is 184 Å². The van der Waals surface area contributed by atoms with Crippen molar-refractivity contribution < 1.29 is 13.2 Å². The van der Waals surface area contributed by atoms with Crippen molar-refractivity contribution in [1.29, 1.82) is 0 Å². The summed E-state index contributed by atoms with van der Waals surface area (Å²) in [5.74, 6) is 0.239. The summed E-state index contributed by atoms with van der Waals surface area (Å²) in [5, 5.41) is 7.35. The minimum absolute atomic E-state index is 0.239. The van der Waals surface area contributed by atoms with Crippen LogP contribution >= 0.6 is 0 Å². The summed E-state index contributed by atoms with van der Waals surface area (Å²) >= 11 is 0. The quantitative estimate of drug-likeness (QED) is 0.422. The van der Waals surface area contributed by atoms with Gasteiger partial charge in [0.05, 0.1) is 22.5 Å². The van der Waals surface area contributed by atoms with Crippen LogP contribution < -0.4 is 5.56 Å². The highest BCUT2D eigenvalue weighted by atomic mass is 19.4. The zero-order valence-corrected chi connectivity index (χ0v) is 17.4. The van der Waals surface area contributed by atoms with E-state index in [0.717, 1.165) is 17.8 Å². The minimum Gasteiger partial charge on any atom is -0.321 e. The highest BCUT2D eigenvalue weighted by Crippen LogP contribution is 2.31. The molecule has 4 aromatic heterocycles. The van der Waals surface area contributed by atoms with Gasteiger partial charge in [-0.1, -0.05) is 12.1 Å². The Morgan fingerprint density at radius 1 is 1.09 bits per heavy atom. The zero-order valence-electron chi connectivity index (χ0n) is 17.4. The van der Waals surface area contributed by atoms with Gasteiger partial charge in [-0.05, 0) is 49.2 Å². The molecule has 0 aliphatic heterocycles. The van der Waals surface area contributed by atoms with Crippen molar-refractivity contribution in [2.45, 2.75) is 26.1 Å². The standard InChI is InChI=1S/C22H18F3N7O/c1-13-8-11-31(29-13)12-9-16-18(14-4-6-15(7-5-14)22(23,24)25)30-32(20(16)33)21-27-17-3-2-10-26-19(17)28-21/h2-8,10-11,30H,9,12H2,1H3,(H,26,27,28). The molecule has 0 atom stereocenters. The number of imidazole rings is 1. The molecule has 0 saturated carbocycles. The van der Waals surface area contributed by atoms with E-state index in [0.29, 0.717) is 41.0 Å². The lowest BCUT2D eigenvalue weighted by Crippen LogP contribution is -2.19. The predicted octanol–water partition coefficient (Wildman–Crippen LogP) is 3.87. The summed E-state index contributed by atoms with van der Waals surface area (Å²) in [6.45, 7) is 2.29. The molecule has 1 aromatic carbocycles. The summed E-state index contributed by atoms with van der Waals surface area (Å²) in [5.41, 5.74) is 2.12. The van der Waals surface area contributed by atoms with Crippen molar-refractivity contribution in [1.82, 2.24) is 34.5 Å². The first kappa shape index (κ1) is 20.7. The SMILES string of the molecule is Cc1ccn(CCc2c(-c3ccc(C(F)(F)F)cc3)[nH]n(-c3nc4ncccc4[nH]3)c2=O)n1. The van der Waals surface area contributed by atoms with Crippen molar-refractivity contribution in [3.63, 3.8) is 0 Å². The maximum Gasteiger partial charge on any atom is 0.416 e. The van der Waals surface area contributed by atoms with Crippen LogP contribution in [-0.4, -0.2) is 34.5 Å². The maximum atomic E-state index is 13.3. The number of pyridine rings is 1. The number of alkyl halides is 3. The number of benzene rings is 1. The van der Waals surface area contributed by atoms with Crippen molar-refractivity contribution >= 4 is 11.2 Å². The number of hydrogen-bond donors (Lipinski definition) is 2. The van der Waals surface area contributed by atoms with Crippen LogP contribution in [-0.2, 0) is 19.1 Å². The molecule has 5 rings (SSSR count). The molecule has 0 amide bonds. The molecule has 0 radical (unpaired) electrons. The number of hydrogen-bond acceptors (Lipinski definition) is 4. The van der Waals surface area contributed by atoms with E-state index in [1.807, 2.05) is 19.2 Å². The van der Waals surface area contributed by atoms with Crippen LogP contribution in [0.4, 0.5) is 13.2 Å². The van der Waals surface area contributed by atoms with Gasteiger partial charge in [0.1, 0.15) is 0 Å². The van der Waals surface area contributed by atoms with Crippen molar-refractivity contribution in [2.75, 3.05) is 0 Å². The molecule has 168 valence electrons. The molecular weight excluding hydrogens is 435 g/mol. The average Bonchev–Trinajstić information content (AvgIpc) is 3.48. The summed E-state index contributed by atoms with van der Waals surface area (Å²) in [6.07, 6.45) is -0.725. The lowest BCUT2D eigenvalue weighted by Gasteiger charge is -2.08. The molecule has 2 N–H and O–H groups in total. The fourth-order valence-electron chi connectivity index (χ4n) is 3.67. The van der Waals surface area contributed by atoms with E-state index in [1.165, 1.54) is 16.8 Å². The predicted molar refractivity (Wildman–Crippen MR) is 115 cm³/mol. The van der Waals surface area contributed by atoms with Gasteiger partial charge in [-0.15, -0.1) is 0 Å². The number of nitrogens with zero attached hydrogens (tertiary/aromatic N) is 5. The van der Waals surface area contributed by atoms with Crippen molar-refractivity contribution in [3.05, 3.63) is 82.0 Å². The highest BCUT2D eigenvalue weighted by molar-refractivity contribution is 5.71. The second kappa shape index (κ2) is 7.76. The maximum absolute atomic E-state index is 13.3. The fraction of sp³-hybridized carbons (Fsp3) is 0.182. The van der Waals surface area contributed by atoms with Crippen molar-refractivity contribution in [2.24, 2.45) is 0 Å². The van der Waals surface area contributed by atoms with Gasteiger partial charge in [-0.25, -0.2) is 4.98 Å². The summed E-state index contributed by atoms with van der Waals surface area (Å²) in [6, 6.07) is 10.1. The van der Waals surface area contributed by atoms with Gasteiger partial charge in [-0.3, -0.25) is 14.6 Å². The van der Waals surface area contributed by atoms with Crippen LogP contribution in [0.5, 0.6) is 0 Å². The molecule has 0 unspecified atom stereocenters. The molecule has 0 saturated heterocycles. The molecule has 0 spiro atoms. The molecule has 0 fully saturated rings. The molecule has 0 aliphatic carbocycles.